The van der Waals surface area contributed by atoms with E-state index in [0.29, 0.717) is 35.4 Å². The Hall–Kier alpha value is -2.97. The molecule has 174 valence electrons. The Bertz CT molecular complexity index is 1130. The number of rotatable bonds is 7. The number of hydrogen-bond acceptors (Lipinski definition) is 4. The molecule has 1 aliphatic heterocycles. The fraction of sp³-hybridized carbons (Fsp3) is 0.375. The minimum Gasteiger partial charge on any atom is -0.349 e. The van der Waals surface area contributed by atoms with Crippen molar-refractivity contribution in [2.75, 3.05) is 26.7 Å². The van der Waals surface area contributed by atoms with Crippen LogP contribution in [0, 0.1) is 11.7 Å². The van der Waals surface area contributed by atoms with Crippen molar-refractivity contribution in [1.82, 2.24) is 25.5 Å². The molecule has 9 heteroatoms. The van der Waals surface area contributed by atoms with E-state index in [4.69, 9.17) is 11.6 Å². The van der Waals surface area contributed by atoms with Crippen LogP contribution in [0.25, 0.3) is 10.9 Å². The molecule has 4 rings (SSSR count). The fourth-order valence-electron chi connectivity index (χ4n) is 4.29. The predicted molar refractivity (Wildman–Crippen MR) is 126 cm³/mol. The average Bonchev–Trinajstić information content (AvgIpc) is 3.24. The maximum absolute atomic E-state index is 13.4. The molecule has 0 unspecified atom stereocenters. The summed E-state index contributed by atoms with van der Waals surface area (Å²) in [5, 5.41) is 7.17. The molecule has 0 spiro atoms. The molecule has 33 heavy (non-hydrogen) atoms. The van der Waals surface area contributed by atoms with Crippen molar-refractivity contribution in [3.63, 3.8) is 0 Å². The Balaban J connectivity index is 1.51. The van der Waals surface area contributed by atoms with Gasteiger partial charge in [-0.25, -0.2) is 9.37 Å². The van der Waals surface area contributed by atoms with Gasteiger partial charge in [-0.2, -0.15) is 0 Å². The normalized spacial score (nSPS) is 15.5. The molecule has 1 atom stereocenters. The Morgan fingerprint density at radius 1 is 1.24 bits per heavy atom. The van der Waals surface area contributed by atoms with Crippen molar-refractivity contribution in [3.8, 4) is 0 Å². The van der Waals surface area contributed by atoms with Gasteiger partial charge in [-0.15, -0.1) is 0 Å². The van der Waals surface area contributed by atoms with Crippen LogP contribution in [0.5, 0.6) is 0 Å². The topological polar surface area (TPSA) is 90.1 Å². The van der Waals surface area contributed by atoms with Crippen molar-refractivity contribution >= 4 is 34.3 Å². The minimum atomic E-state index is -0.767. The van der Waals surface area contributed by atoms with Gasteiger partial charge in [0.2, 0.25) is 5.91 Å². The number of likely N-dealkylation sites (tertiary alicyclic amines) is 1. The van der Waals surface area contributed by atoms with Gasteiger partial charge in [0, 0.05) is 24.9 Å². The SMILES string of the molecule is CNCC1CCN(C(=O)[C@H](Cc2ccc(F)cc2)NC(=O)c2cc3cc(Cl)ncc3[nH]2)CC1. The molecule has 2 amide bonds. The zero-order valence-electron chi connectivity index (χ0n) is 18.4. The quantitative estimate of drug-likeness (QED) is 0.462. The first kappa shape index (κ1) is 23.2. The molecule has 2 aromatic heterocycles. The third-order valence-electron chi connectivity index (χ3n) is 6.09. The van der Waals surface area contributed by atoms with Crippen molar-refractivity contribution in [3.05, 3.63) is 64.8 Å². The van der Waals surface area contributed by atoms with Gasteiger partial charge in [-0.1, -0.05) is 23.7 Å². The molecule has 0 aliphatic carbocycles. The molecule has 1 fully saturated rings. The number of nitrogens with zero attached hydrogens (tertiary/aromatic N) is 2. The second-order valence-electron chi connectivity index (χ2n) is 8.46. The number of H-pyrrole nitrogens is 1. The van der Waals surface area contributed by atoms with E-state index >= 15 is 0 Å². The average molecular weight is 472 g/mol. The fourth-order valence-corrected chi connectivity index (χ4v) is 4.45. The summed E-state index contributed by atoms with van der Waals surface area (Å²) in [6.07, 6.45) is 3.67. The molecule has 7 nitrogen and oxygen atoms in total. The number of fused-ring (bicyclic) bond motifs is 1. The van der Waals surface area contributed by atoms with Gasteiger partial charge >= 0.3 is 0 Å². The minimum absolute atomic E-state index is 0.128. The highest BCUT2D eigenvalue weighted by molar-refractivity contribution is 6.30. The first-order valence-corrected chi connectivity index (χ1v) is 11.4. The zero-order valence-corrected chi connectivity index (χ0v) is 19.2. The van der Waals surface area contributed by atoms with Crippen LogP contribution in [0.2, 0.25) is 5.15 Å². The van der Waals surface area contributed by atoms with E-state index in [0.717, 1.165) is 30.3 Å². The number of pyridine rings is 1. The molecule has 1 aromatic carbocycles. The van der Waals surface area contributed by atoms with E-state index in [1.165, 1.54) is 12.1 Å². The lowest BCUT2D eigenvalue weighted by molar-refractivity contribution is -0.134. The van der Waals surface area contributed by atoms with Crippen LogP contribution in [-0.2, 0) is 11.2 Å². The molecule has 3 heterocycles. The first-order valence-electron chi connectivity index (χ1n) is 11.1. The largest absolute Gasteiger partial charge is 0.349 e. The number of piperidine rings is 1. The number of aromatic nitrogens is 2. The first-order chi connectivity index (χ1) is 15.9. The molecule has 3 aromatic rings. The summed E-state index contributed by atoms with van der Waals surface area (Å²) in [5.41, 5.74) is 1.77. The van der Waals surface area contributed by atoms with Crippen LogP contribution in [0.15, 0.2) is 42.6 Å². The summed E-state index contributed by atoms with van der Waals surface area (Å²) in [4.78, 5) is 35.3. The van der Waals surface area contributed by atoms with Crippen LogP contribution >= 0.6 is 11.6 Å². The van der Waals surface area contributed by atoms with Gasteiger partial charge < -0.3 is 20.5 Å². The molecule has 1 saturated heterocycles. The zero-order chi connectivity index (χ0) is 23.4. The number of nitrogens with one attached hydrogen (secondary N) is 3. The smallest absolute Gasteiger partial charge is 0.268 e. The third-order valence-corrected chi connectivity index (χ3v) is 6.30. The highest BCUT2D eigenvalue weighted by atomic mass is 35.5. The summed E-state index contributed by atoms with van der Waals surface area (Å²) < 4.78 is 13.4. The maximum Gasteiger partial charge on any atom is 0.268 e. The summed E-state index contributed by atoms with van der Waals surface area (Å²) >= 11 is 5.94. The van der Waals surface area contributed by atoms with Gasteiger partial charge in [0.15, 0.2) is 0 Å². The van der Waals surface area contributed by atoms with Crippen molar-refractivity contribution < 1.29 is 14.0 Å². The third kappa shape index (κ3) is 5.69. The molecule has 0 saturated carbocycles. The Kier molecular flexibility index (Phi) is 7.25. The van der Waals surface area contributed by atoms with E-state index in [1.54, 1.807) is 30.5 Å². The van der Waals surface area contributed by atoms with Crippen LogP contribution in [0.3, 0.4) is 0 Å². The number of carbonyl (C=O) groups is 2. The molecule has 0 radical (unpaired) electrons. The summed E-state index contributed by atoms with van der Waals surface area (Å²) in [6.45, 7) is 2.23. The van der Waals surface area contributed by atoms with E-state index in [-0.39, 0.29) is 18.1 Å². The van der Waals surface area contributed by atoms with Gasteiger partial charge in [-0.05, 0) is 62.2 Å². The van der Waals surface area contributed by atoms with Crippen LogP contribution in [-0.4, -0.2) is 59.4 Å². The number of hydrogen-bond donors (Lipinski definition) is 3. The highest BCUT2D eigenvalue weighted by Gasteiger charge is 2.30. The summed E-state index contributed by atoms with van der Waals surface area (Å²) in [6, 6.07) is 8.57. The van der Waals surface area contributed by atoms with E-state index < -0.39 is 11.9 Å². The number of carbonyl (C=O) groups excluding carboxylic acids is 2. The van der Waals surface area contributed by atoms with Crippen LogP contribution in [0.4, 0.5) is 4.39 Å². The summed E-state index contributed by atoms with van der Waals surface area (Å²) in [7, 11) is 1.93. The van der Waals surface area contributed by atoms with Gasteiger partial charge in [0.25, 0.3) is 5.91 Å². The lowest BCUT2D eigenvalue weighted by atomic mass is 9.95. The molecular weight excluding hydrogens is 445 g/mol. The second kappa shape index (κ2) is 10.3. The maximum atomic E-state index is 13.4. The predicted octanol–water partition coefficient (Wildman–Crippen LogP) is 3.15. The molecular formula is C24H27ClFN5O2. The van der Waals surface area contributed by atoms with Crippen LogP contribution < -0.4 is 10.6 Å². The number of benzene rings is 1. The van der Waals surface area contributed by atoms with Gasteiger partial charge in [0.05, 0.1) is 11.7 Å². The molecule has 0 bridgehead atoms. The second-order valence-corrected chi connectivity index (χ2v) is 8.85. The lowest BCUT2D eigenvalue weighted by Crippen LogP contribution is -2.52. The monoisotopic (exact) mass is 471 g/mol. The van der Waals surface area contributed by atoms with Crippen LogP contribution in [0.1, 0.15) is 28.9 Å². The van der Waals surface area contributed by atoms with Crippen molar-refractivity contribution in [1.29, 1.82) is 0 Å². The van der Waals surface area contributed by atoms with Crippen molar-refractivity contribution in [2.24, 2.45) is 5.92 Å². The number of halogens is 2. The summed E-state index contributed by atoms with van der Waals surface area (Å²) in [5.74, 6) is -0.331. The van der Waals surface area contributed by atoms with E-state index in [9.17, 15) is 14.0 Å². The molecule has 3 N–H and O–H groups in total. The van der Waals surface area contributed by atoms with Crippen molar-refractivity contribution in [2.45, 2.75) is 25.3 Å². The van der Waals surface area contributed by atoms with Gasteiger partial charge in [-0.3, -0.25) is 9.59 Å². The van der Waals surface area contributed by atoms with Gasteiger partial charge in [0.1, 0.15) is 22.7 Å². The number of amides is 2. The highest BCUT2D eigenvalue weighted by Crippen LogP contribution is 2.20. The number of aromatic amines is 1. The molecule has 1 aliphatic rings. The van der Waals surface area contributed by atoms with E-state index in [1.807, 2.05) is 11.9 Å². The lowest BCUT2D eigenvalue weighted by Gasteiger charge is -2.34. The Morgan fingerprint density at radius 2 is 1.97 bits per heavy atom. The Morgan fingerprint density at radius 3 is 2.67 bits per heavy atom. The standard InChI is InChI=1S/C24H27ClFN5O2/c1-27-13-16-6-8-31(9-7-16)24(33)20(10-15-2-4-18(26)5-3-15)30-23(32)19-11-17-12-22(25)28-14-21(17)29-19/h2-5,11-12,14,16,20,27,29H,6-10,13H2,1H3,(H,30,32)/t20-/m0/s1. The Labute approximate surface area is 196 Å². The van der Waals surface area contributed by atoms with E-state index in [2.05, 4.69) is 20.6 Å².